The standard InChI is InChI=1S/C23H20ClN3O4/c24-18-3-1-2-4-19(18)27-22(30)26-17-8-5-15(6-9-17)16-7-10-20(25-13-16)31-14-23(11-12-23)21(28)29/h1-10,13H,11-12,14H2,(H,28,29)(H2,26,27,30). The van der Waals surface area contributed by atoms with E-state index >= 15 is 0 Å². The Labute approximate surface area is 184 Å². The number of aromatic nitrogens is 1. The molecule has 0 bridgehead atoms. The molecule has 1 fully saturated rings. The van der Waals surface area contributed by atoms with E-state index in [2.05, 4.69) is 15.6 Å². The van der Waals surface area contributed by atoms with E-state index in [1.54, 1.807) is 48.7 Å². The van der Waals surface area contributed by atoms with Crippen LogP contribution in [0.2, 0.25) is 5.02 Å². The Balaban J connectivity index is 1.34. The van der Waals surface area contributed by atoms with Gasteiger partial charge in [-0.05, 0) is 48.7 Å². The Hall–Kier alpha value is -3.58. The zero-order chi connectivity index (χ0) is 21.8. The summed E-state index contributed by atoms with van der Waals surface area (Å²) in [7, 11) is 0. The van der Waals surface area contributed by atoms with E-state index in [4.69, 9.17) is 16.3 Å². The largest absolute Gasteiger partial charge is 0.481 e. The van der Waals surface area contributed by atoms with Crippen molar-refractivity contribution in [1.29, 1.82) is 0 Å². The number of aliphatic carboxylic acids is 1. The number of urea groups is 1. The fourth-order valence-corrected chi connectivity index (χ4v) is 3.20. The fourth-order valence-electron chi connectivity index (χ4n) is 3.01. The summed E-state index contributed by atoms with van der Waals surface area (Å²) in [6.07, 6.45) is 2.94. The Morgan fingerprint density at radius 3 is 2.32 bits per heavy atom. The molecule has 4 rings (SSSR count). The molecule has 1 saturated carbocycles. The number of rotatable bonds is 7. The predicted octanol–water partition coefficient (Wildman–Crippen LogP) is 5.29. The van der Waals surface area contributed by atoms with Gasteiger partial charge >= 0.3 is 12.0 Å². The van der Waals surface area contributed by atoms with Crippen molar-refractivity contribution in [1.82, 2.24) is 4.98 Å². The molecular formula is C23H20ClN3O4. The zero-order valence-corrected chi connectivity index (χ0v) is 17.2. The first kappa shape index (κ1) is 20.7. The maximum atomic E-state index is 12.2. The molecule has 0 radical (unpaired) electrons. The van der Waals surface area contributed by atoms with Gasteiger partial charge in [-0.15, -0.1) is 0 Å². The summed E-state index contributed by atoms with van der Waals surface area (Å²) in [6.45, 7) is 0.130. The summed E-state index contributed by atoms with van der Waals surface area (Å²) in [4.78, 5) is 27.6. The third kappa shape index (κ3) is 4.95. The van der Waals surface area contributed by atoms with Crippen molar-refractivity contribution < 1.29 is 19.4 Å². The smallest absolute Gasteiger partial charge is 0.323 e. The topological polar surface area (TPSA) is 101 Å². The second kappa shape index (κ2) is 8.65. The molecule has 8 heteroatoms. The number of carboxylic acids is 1. The number of hydrogen-bond donors (Lipinski definition) is 3. The second-order valence-electron chi connectivity index (χ2n) is 7.40. The molecule has 1 aliphatic rings. The highest BCUT2D eigenvalue weighted by Crippen LogP contribution is 2.46. The van der Waals surface area contributed by atoms with Crippen molar-refractivity contribution in [2.75, 3.05) is 17.2 Å². The number of halogens is 1. The molecule has 7 nitrogen and oxygen atoms in total. The maximum absolute atomic E-state index is 12.2. The third-order valence-corrected chi connectivity index (χ3v) is 5.47. The van der Waals surface area contributed by atoms with Crippen LogP contribution in [0, 0.1) is 5.41 Å². The summed E-state index contributed by atoms with van der Waals surface area (Å²) in [5.41, 5.74) is 2.20. The Kier molecular flexibility index (Phi) is 5.77. The number of benzene rings is 2. The van der Waals surface area contributed by atoms with Gasteiger partial charge in [0, 0.05) is 23.5 Å². The van der Waals surface area contributed by atoms with E-state index in [0.717, 1.165) is 11.1 Å². The third-order valence-electron chi connectivity index (χ3n) is 5.14. The lowest BCUT2D eigenvalue weighted by atomic mass is 10.1. The van der Waals surface area contributed by atoms with Crippen molar-refractivity contribution in [3.8, 4) is 17.0 Å². The summed E-state index contributed by atoms with van der Waals surface area (Å²) >= 11 is 6.05. The van der Waals surface area contributed by atoms with Crippen LogP contribution in [-0.2, 0) is 4.79 Å². The molecule has 0 unspecified atom stereocenters. The molecule has 1 aromatic heterocycles. The molecule has 1 aliphatic carbocycles. The van der Waals surface area contributed by atoms with E-state index in [1.165, 1.54) is 0 Å². The molecule has 2 aromatic carbocycles. The number of para-hydroxylation sites is 1. The Morgan fingerprint density at radius 1 is 1.00 bits per heavy atom. The maximum Gasteiger partial charge on any atom is 0.323 e. The number of amides is 2. The van der Waals surface area contributed by atoms with Gasteiger partial charge in [0.1, 0.15) is 12.0 Å². The molecule has 3 N–H and O–H groups in total. The number of carbonyl (C=O) groups excluding carboxylic acids is 1. The van der Waals surface area contributed by atoms with Gasteiger partial charge in [-0.2, -0.15) is 0 Å². The summed E-state index contributed by atoms with van der Waals surface area (Å²) in [5.74, 6) is -0.427. The van der Waals surface area contributed by atoms with Crippen LogP contribution in [0.1, 0.15) is 12.8 Å². The van der Waals surface area contributed by atoms with E-state index in [0.29, 0.717) is 35.1 Å². The van der Waals surface area contributed by atoms with Crippen LogP contribution < -0.4 is 15.4 Å². The number of pyridine rings is 1. The number of nitrogens with one attached hydrogen (secondary N) is 2. The number of ether oxygens (including phenoxy) is 1. The van der Waals surface area contributed by atoms with Gasteiger partial charge in [0.2, 0.25) is 5.88 Å². The van der Waals surface area contributed by atoms with Gasteiger partial charge in [0.25, 0.3) is 0 Å². The minimum atomic E-state index is -0.821. The highest BCUT2D eigenvalue weighted by atomic mass is 35.5. The van der Waals surface area contributed by atoms with Crippen molar-refractivity contribution in [2.24, 2.45) is 5.41 Å². The van der Waals surface area contributed by atoms with Crippen LogP contribution in [-0.4, -0.2) is 28.7 Å². The molecular weight excluding hydrogens is 418 g/mol. The molecule has 31 heavy (non-hydrogen) atoms. The molecule has 2 amide bonds. The average molecular weight is 438 g/mol. The van der Waals surface area contributed by atoms with Gasteiger partial charge in [-0.3, -0.25) is 4.79 Å². The molecule has 0 spiro atoms. The van der Waals surface area contributed by atoms with Gasteiger partial charge in [0.05, 0.1) is 10.7 Å². The highest BCUT2D eigenvalue weighted by Gasteiger charge is 2.51. The lowest BCUT2D eigenvalue weighted by molar-refractivity contribution is -0.144. The molecule has 1 heterocycles. The van der Waals surface area contributed by atoms with Crippen LogP contribution in [0.25, 0.3) is 11.1 Å². The number of anilines is 2. The van der Waals surface area contributed by atoms with Gasteiger partial charge in [-0.1, -0.05) is 35.9 Å². The molecule has 0 atom stereocenters. The number of nitrogens with zero attached hydrogens (tertiary/aromatic N) is 1. The zero-order valence-electron chi connectivity index (χ0n) is 16.5. The number of carbonyl (C=O) groups is 2. The van der Waals surface area contributed by atoms with E-state index < -0.39 is 11.4 Å². The lowest BCUT2D eigenvalue weighted by Crippen LogP contribution is -2.23. The quantitative estimate of drug-likeness (QED) is 0.466. The van der Waals surface area contributed by atoms with Crippen LogP contribution >= 0.6 is 11.6 Å². The van der Waals surface area contributed by atoms with Gasteiger partial charge < -0.3 is 20.5 Å². The summed E-state index contributed by atoms with van der Waals surface area (Å²) in [5, 5.41) is 15.1. The van der Waals surface area contributed by atoms with E-state index in [9.17, 15) is 14.7 Å². The van der Waals surface area contributed by atoms with Crippen LogP contribution in [0.15, 0.2) is 66.9 Å². The van der Waals surface area contributed by atoms with E-state index in [1.807, 2.05) is 18.2 Å². The summed E-state index contributed by atoms with van der Waals surface area (Å²) in [6, 6.07) is 17.5. The van der Waals surface area contributed by atoms with Crippen molar-refractivity contribution in [3.05, 3.63) is 71.9 Å². The van der Waals surface area contributed by atoms with Crippen molar-refractivity contribution in [3.63, 3.8) is 0 Å². The van der Waals surface area contributed by atoms with Crippen LogP contribution in [0.3, 0.4) is 0 Å². The van der Waals surface area contributed by atoms with Gasteiger partial charge in [0.15, 0.2) is 0 Å². The summed E-state index contributed by atoms with van der Waals surface area (Å²) < 4.78 is 5.55. The fraction of sp³-hybridized carbons (Fsp3) is 0.174. The average Bonchev–Trinajstić information content (AvgIpc) is 3.56. The predicted molar refractivity (Wildman–Crippen MR) is 119 cm³/mol. The number of carboxylic acid groups (broad SMARTS) is 1. The van der Waals surface area contributed by atoms with Crippen molar-refractivity contribution >= 4 is 35.0 Å². The Bertz CT molecular complexity index is 1100. The van der Waals surface area contributed by atoms with Crippen molar-refractivity contribution in [2.45, 2.75) is 12.8 Å². The molecule has 0 saturated heterocycles. The van der Waals surface area contributed by atoms with Crippen LogP contribution in [0.4, 0.5) is 16.2 Å². The minimum absolute atomic E-state index is 0.130. The molecule has 158 valence electrons. The minimum Gasteiger partial charge on any atom is -0.481 e. The SMILES string of the molecule is O=C(Nc1ccc(-c2ccc(OCC3(C(=O)O)CC3)nc2)cc1)Nc1ccccc1Cl. The second-order valence-corrected chi connectivity index (χ2v) is 7.80. The molecule has 0 aliphatic heterocycles. The monoisotopic (exact) mass is 437 g/mol. The molecule has 3 aromatic rings. The van der Waals surface area contributed by atoms with Crippen LogP contribution in [0.5, 0.6) is 5.88 Å². The lowest BCUT2D eigenvalue weighted by Gasteiger charge is -2.11. The van der Waals surface area contributed by atoms with Gasteiger partial charge in [-0.25, -0.2) is 9.78 Å². The number of hydrogen-bond acceptors (Lipinski definition) is 4. The Morgan fingerprint density at radius 2 is 1.71 bits per heavy atom. The highest BCUT2D eigenvalue weighted by molar-refractivity contribution is 6.33. The first-order chi connectivity index (χ1) is 14.9. The first-order valence-corrected chi connectivity index (χ1v) is 10.1. The normalized spacial score (nSPS) is 13.8. The first-order valence-electron chi connectivity index (χ1n) is 9.70. The van der Waals surface area contributed by atoms with E-state index in [-0.39, 0.29) is 12.6 Å².